The average Bonchev–Trinajstić information content (AvgIpc) is 3.19. The van der Waals surface area contributed by atoms with E-state index in [2.05, 4.69) is 52.2 Å². The van der Waals surface area contributed by atoms with E-state index in [1.54, 1.807) is 23.7 Å². The molecule has 8 heteroatoms. The van der Waals surface area contributed by atoms with Crippen molar-refractivity contribution in [2.45, 2.75) is 6.54 Å². The van der Waals surface area contributed by atoms with Crippen LogP contribution in [0.1, 0.15) is 5.56 Å². The van der Waals surface area contributed by atoms with E-state index in [0.29, 0.717) is 0 Å². The molecule has 2 aromatic rings. The highest BCUT2D eigenvalue weighted by Crippen LogP contribution is 2.09. The summed E-state index contributed by atoms with van der Waals surface area (Å²) >= 11 is 1.71. The lowest BCUT2D eigenvalue weighted by molar-refractivity contribution is 0.260. The van der Waals surface area contributed by atoms with Gasteiger partial charge in [0.15, 0.2) is 5.96 Å². The minimum atomic E-state index is 0.804. The van der Waals surface area contributed by atoms with E-state index in [4.69, 9.17) is 0 Å². The fourth-order valence-corrected chi connectivity index (χ4v) is 3.43. The number of aliphatic imine (C=N–C) groups is 1. The summed E-state index contributed by atoms with van der Waals surface area (Å²) < 4.78 is 0. The van der Waals surface area contributed by atoms with Crippen molar-refractivity contribution in [1.82, 2.24) is 25.5 Å². The van der Waals surface area contributed by atoms with Crippen LogP contribution in [0.4, 0.5) is 5.95 Å². The van der Waals surface area contributed by atoms with Gasteiger partial charge in [0.1, 0.15) is 0 Å². The number of nitrogens with zero attached hydrogens (tertiary/aromatic N) is 5. The first kappa shape index (κ1) is 17.6. The van der Waals surface area contributed by atoms with Gasteiger partial charge in [-0.1, -0.05) is 0 Å². The number of anilines is 1. The highest BCUT2D eigenvalue weighted by atomic mass is 32.1. The number of piperazine rings is 1. The van der Waals surface area contributed by atoms with Crippen LogP contribution in [0.25, 0.3) is 0 Å². The second kappa shape index (κ2) is 9.33. The quantitative estimate of drug-likeness (QED) is 0.593. The molecular formula is C17H25N7S. The van der Waals surface area contributed by atoms with Crippen molar-refractivity contribution in [1.29, 1.82) is 0 Å². The van der Waals surface area contributed by atoms with Crippen molar-refractivity contribution < 1.29 is 0 Å². The molecule has 25 heavy (non-hydrogen) atoms. The topological polar surface area (TPSA) is 68.7 Å². The Morgan fingerprint density at radius 3 is 2.68 bits per heavy atom. The van der Waals surface area contributed by atoms with Gasteiger partial charge in [0, 0.05) is 65.3 Å². The van der Waals surface area contributed by atoms with Gasteiger partial charge in [-0.3, -0.25) is 9.89 Å². The van der Waals surface area contributed by atoms with Gasteiger partial charge in [0.25, 0.3) is 0 Å². The molecule has 1 saturated heterocycles. The summed E-state index contributed by atoms with van der Waals surface area (Å²) in [6.45, 7) is 6.68. The van der Waals surface area contributed by atoms with E-state index in [9.17, 15) is 0 Å². The molecule has 7 nitrogen and oxygen atoms in total. The smallest absolute Gasteiger partial charge is 0.225 e. The molecule has 0 unspecified atom stereocenters. The van der Waals surface area contributed by atoms with E-state index in [0.717, 1.165) is 57.7 Å². The number of nitrogens with one attached hydrogen (secondary N) is 2. The Hall–Kier alpha value is -2.19. The van der Waals surface area contributed by atoms with E-state index in [1.807, 2.05) is 13.1 Å². The second-order valence-electron chi connectivity index (χ2n) is 5.86. The third kappa shape index (κ3) is 5.40. The van der Waals surface area contributed by atoms with Gasteiger partial charge in [-0.05, 0) is 28.5 Å². The van der Waals surface area contributed by atoms with Crippen molar-refractivity contribution in [3.05, 3.63) is 40.8 Å². The first-order valence-electron chi connectivity index (χ1n) is 8.55. The Kier molecular flexibility index (Phi) is 6.58. The average molecular weight is 360 g/mol. The van der Waals surface area contributed by atoms with Crippen molar-refractivity contribution in [3.63, 3.8) is 0 Å². The van der Waals surface area contributed by atoms with Gasteiger partial charge in [0.05, 0.1) is 0 Å². The SMILES string of the molecule is CN=C(NCCN1CCN(c2ncccn2)CC1)NCc1ccsc1. The molecule has 2 N–H and O–H groups in total. The van der Waals surface area contributed by atoms with Crippen LogP contribution in [0.3, 0.4) is 0 Å². The fourth-order valence-electron chi connectivity index (χ4n) is 2.76. The van der Waals surface area contributed by atoms with Crippen molar-refractivity contribution in [2.24, 2.45) is 4.99 Å². The van der Waals surface area contributed by atoms with E-state index in [-0.39, 0.29) is 0 Å². The molecule has 3 rings (SSSR count). The molecular weight excluding hydrogens is 334 g/mol. The van der Waals surface area contributed by atoms with Crippen LogP contribution >= 0.6 is 11.3 Å². The summed E-state index contributed by atoms with van der Waals surface area (Å²) in [6, 6.07) is 3.98. The van der Waals surface area contributed by atoms with Crippen LogP contribution in [0, 0.1) is 0 Å². The molecule has 0 bridgehead atoms. The predicted octanol–water partition coefficient (Wildman–Crippen LogP) is 1.03. The van der Waals surface area contributed by atoms with Crippen LogP contribution in [-0.4, -0.2) is 67.1 Å². The number of guanidine groups is 1. The van der Waals surface area contributed by atoms with Gasteiger partial charge in [-0.2, -0.15) is 11.3 Å². The molecule has 3 heterocycles. The first-order chi connectivity index (χ1) is 12.3. The monoisotopic (exact) mass is 359 g/mol. The Bertz CT molecular complexity index is 636. The lowest BCUT2D eigenvalue weighted by atomic mass is 10.3. The fraction of sp³-hybridized carbons (Fsp3) is 0.471. The number of hydrogen-bond donors (Lipinski definition) is 2. The molecule has 2 aromatic heterocycles. The minimum Gasteiger partial charge on any atom is -0.355 e. The second-order valence-corrected chi connectivity index (χ2v) is 6.64. The van der Waals surface area contributed by atoms with Crippen molar-refractivity contribution in [2.75, 3.05) is 51.2 Å². The molecule has 0 spiro atoms. The largest absolute Gasteiger partial charge is 0.355 e. The lowest BCUT2D eigenvalue weighted by Gasteiger charge is -2.34. The van der Waals surface area contributed by atoms with Gasteiger partial charge in [-0.15, -0.1) is 0 Å². The number of hydrogen-bond acceptors (Lipinski definition) is 6. The summed E-state index contributed by atoms with van der Waals surface area (Å²) in [4.78, 5) is 17.6. The summed E-state index contributed by atoms with van der Waals surface area (Å²) in [7, 11) is 1.81. The molecule has 1 aliphatic rings. The van der Waals surface area contributed by atoms with Gasteiger partial charge >= 0.3 is 0 Å². The molecule has 0 amide bonds. The first-order valence-corrected chi connectivity index (χ1v) is 9.49. The summed E-state index contributed by atoms with van der Waals surface area (Å²) in [5, 5.41) is 11.0. The normalized spacial score (nSPS) is 16.0. The number of thiophene rings is 1. The zero-order valence-corrected chi connectivity index (χ0v) is 15.4. The molecule has 0 aromatic carbocycles. The third-order valence-corrected chi connectivity index (χ3v) is 4.92. The summed E-state index contributed by atoms with van der Waals surface area (Å²) in [6.07, 6.45) is 3.60. The summed E-state index contributed by atoms with van der Waals surface area (Å²) in [5.74, 6) is 1.68. The Morgan fingerprint density at radius 2 is 2.00 bits per heavy atom. The maximum atomic E-state index is 4.33. The number of rotatable bonds is 6. The predicted molar refractivity (Wildman–Crippen MR) is 103 cm³/mol. The zero-order valence-electron chi connectivity index (χ0n) is 14.6. The maximum absolute atomic E-state index is 4.33. The van der Waals surface area contributed by atoms with Crippen molar-refractivity contribution in [3.8, 4) is 0 Å². The molecule has 1 aliphatic heterocycles. The molecule has 134 valence electrons. The minimum absolute atomic E-state index is 0.804. The number of aromatic nitrogens is 2. The van der Waals surface area contributed by atoms with Crippen LogP contribution in [-0.2, 0) is 6.54 Å². The van der Waals surface area contributed by atoms with Gasteiger partial charge < -0.3 is 15.5 Å². The van der Waals surface area contributed by atoms with E-state index >= 15 is 0 Å². The van der Waals surface area contributed by atoms with Crippen molar-refractivity contribution >= 4 is 23.2 Å². The molecule has 0 saturated carbocycles. The maximum Gasteiger partial charge on any atom is 0.225 e. The Balaban J connectivity index is 1.34. The van der Waals surface area contributed by atoms with Crippen LogP contribution in [0.15, 0.2) is 40.3 Å². The molecule has 0 radical (unpaired) electrons. The molecule has 1 fully saturated rings. The summed E-state index contributed by atoms with van der Waals surface area (Å²) in [5.41, 5.74) is 1.28. The van der Waals surface area contributed by atoms with Crippen LogP contribution in [0.2, 0.25) is 0 Å². The highest BCUT2D eigenvalue weighted by Gasteiger charge is 2.18. The van der Waals surface area contributed by atoms with Crippen LogP contribution < -0.4 is 15.5 Å². The highest BCUT2D eigenvalue weighted by molar-refractivity contribution is 7.07. The third-order valence-electron chi connectivity index (χ3n) is 4.19. The Morgan fingerprint density at radius 1 is 1.20 bits per heavy atom. The lowest BCUT2D eigenvalue weighted by Crippen LogP contribution is -2.49. The van der Waals surface area contributed by atoms with Gasteiger partial charge in [-0.25, -0.2) is 9.97 Å². The van der Waals surface area contributed by atoms with E-state index < -0.39 is 0 Å². The molecule has 0 atom stereocenters. The van der Waals surface area contributed by atoms with E-state index in [1.165, 1.54) is 5.56 Å². The van der Waals surface area contributed by atoms with Gasteiger partial charge in [0.2, 0.25) is 5.95 Å². The zero-order chi connectivity index (χ0) is 17.3. The molecule has 0 aliphatic carbocycles. The Labute approximate surface area is 152 Å². The standard InChI is InChI=1S/C17H25N7S/c1-18-16(22-13-15-3-12-25-14-15)19-6-7-23-8-10-24(11-9-23)17-20-4-2-5-21-17/h2-5,12,14H,6-11,13H2,1H3,(H2,18,19,22). The van der Waals surface area contributed by atoms with Crippen LogP contribution in [0.5, 0.6) is 0 Å².